The van der Waals surface area contributed by atoms with Gasteiger partial charge < -0.3 is 14.8 Å². The Bertz CT molecular complexity index is 975. The third-order valence-electron chi connectivity index (χ3n) is 3.66. The fraction of sp³-hybridized carbons (Fsp3) is 0.190. The summed E-state index contributed by atoms with van der Waals surface area (Å²) in [5.74, 6) is -1.35. The number of ether oxygens (including phenoxy) is 2. The minimum absolute atomic E-state index is 0.171. The number of anilines is 1. The number of hydrogen-bond acceptors (Lipinski definition) is 5. The van der Waals surface area contributed by atoms with Crippen molar-refractivity contribution in [3.63, 3.8) is 0 Å². The van der Waals surface area contributed by atoms with Crippen molar-refractivity contribution in [3.8, 4) is 11.5 Å². The molecule has 2 N–H and O–H groups in total. The van der Waals surface area contributed by atoms with Crippen LogP contribution in [-0.2, 0) is 15.8 Å². The normalized spacial score (nSPS) is 11.1. The molecule has 0 aliphatic rings. The number of hydrogen-bond donors (Lipinski definition) is 2. The van der Waals surface area contributed by atoms with Crippen LogP contribution in [0.2, 0.25) is 0 Å². The molecular weight excluding hydrogens is 415 g/mol. The van der Waals surface area contributed by atoms with Gasteiger partial charge in [0.25, 0.3) is 0 Å². The van der Waals surface area contributed by atoms with E-state index in [0.29, 0.717) is 30.3 Å². The highest BCUT2D eigenvalue weighted by atomic mass is 19.4. The van der Waals surface area contributed by atoms with Gasteiger partial charge in [0.05, 0.1) is 18.4 Å². The van der Waals surface area contributed by atoms with E-state index in [0.717, 1.165) is 18.2 Å². The molecule has 7 nitrogen and oxygen atoms in total. The fourth-order valence-electron chi connectivity index (χ4n) is 2.32. The van der Waals surface area contributed by atoms with E-state index >= 15 is 0 Å². The standard InChI is InChI=1S/C21H20F3N3O4/c1-3-10-31-17-9-8-14(11-18(17)30-4-2)13-25-27-20(29)19(28)26-16-7-5-6-15(12-16)21(22,23)24/h3,5-9,11-13H,1,4,10H2,2H3,(H,26,28)(H,27,29)/b25-13+. The summed E-state index contributed by atoms with van der Waals surface area (Å²) in [7, 11) is 0. The first-order valence-corrected chi connectivity index (χ1v) is 9.06. The molecular formula is C21H20F3N3O4. The van der Waals surface area contributed by atoms with Crippen molar-refractivity contribution in [1.29, 1.82) is 0 Å². The SMILES string of the molecule is C=CCOc1ccc(/C=N/NC(=O)C(=O)Nc2cccc(C(F)(F)F)c2)cc1OCC. The van der Waals surface area contributed by atoms with Gasteiger partial charge in [0, 0.05) is 5.69 Å². The second kappa shape index (κ2) is 10.8. The van der Waals surface area contributed by atoms with Gasteiger partial charge in [-0.2, -0.15) is 18.3 Å². The Kier molecular flexibility index (Phi) is 8.18. The molecule has 2 rings (SSSR count). The third kappa shape index (κ3) is 7.18. The first-order chi connectivity index (χ1) is 14.7. The predicted octanol–water partition coefficient (Wildman–Crippen LogP) is 3.76. The number of carbonyl (C=O) groups excluding carboxylic acids is 2. The van der Waals surface area contributed by atoms with E-state index in [4.69, 9.17) is 9.47 Å². The van der Waals surface area contributed by atoms with Crippen LogP contribution >= 0.6 is 0 Å². The molecule has 0 atom stereocenters. The van der Waals surface area contributed by atoms with E-state index in [9.17, 15) is 22.8 Å². The lowest BCUT2D eigenvalue weighted by molar-refractivity contribution is -0.137. The maximum absolute atomic E-state index is 12.7. The lowest BCUT2D eigenvalue weighted by Gasteiger charge is -2.11. The van der Waals surface area contributed by atoms with Gasteiger partial charge in [-0.25, -0.2) is 5.43 Å². The van der Waals surface area contributed by atoms with Gasteiger partial charge in [-0.15, -0.1) is 0 Å². The van der Waals surface area contributed by atoms with E-state index < -0.39 is 23.6 Å². The minimum Gasteiger partial charge on any atom is -0.490 e. The largest absolute Gasteiger partial charge is 0.490 e. The van der Waals surface area contributed by atoms with Gasteiger partial charge in [-0.05, 0) is 48.9 Å². The molecule has 0 aliphatic heterocycles. The Balaban J connectivity index is 1.99. The number of carbonyl (C=O) groups is 2. The molecule has 10 heteroatoms. The molecule has 164 valence electrons. The zero-order chi connectivity index (χ0) is 22.9. The lowest BCUT2D eigenvalue weighted by Crippen LogP contribution is -2.32. The Morgan fingerprint density at radius 1 is 1.10 bits per heavy atom. The maximum atomic E-state index is 12.7. The number of hydrazone groups is 1. The highest BCUT2D eigenvalue weighted by Crippen LogP contribution is 2.30. The summed E-state index contributed by atoms with van der Waals surface area (Å²) in [6, 6.07) is 8.85. The molecule has 31 heavy (non-hydrogen) atoms. The van der Waals surface area contributed by atoms with Crippen LogP contribution in [0.15, 0.2) is 60.2 Å². The molecule has 2 amide bonds. The molecule has 0 fully saturated rings. The van der Waals surface area contributed by atoms with Crippen molar-refractivity contribution < 1.29 is 32.2 Å². The van der Waals surface area contributed by atoms with Crippen LogP contribution in [0.25, 0.3) is 0 Å². The first-order valence-electron chi connectivity index (χ1n) is 9.06. The van der Waals surface area contributed by atoms with Crippen molar-refractivity contribution in [1.82, 2.24) is 5.43 Å². The Labute approximate surface area is 176 Å². The van der Waals surface area contributed by atoms with Gasteiger partial charge in [0.15, 0.2) is 11.5 Å². The second-order valence-corrected chi connectivity index (χ2v) is 5.97. The summed E-state index contributed by atoms with van der Waals surface area (Å²) < 4.78 is 49.1. The quantitative estimate of drug-likeness (QED) is 0.286. The summed E-state index contributed by atoms with van der Waals surface area (Å²) >= 11 is 0. The van der Waals surface area contributed by atoms with Crippen LogP contribution in [0.1, 0.15) is 18.1 Å². The van der Waals surface area contributed by atoms with Gasteiger partial charge in [-0.1, -0.05) is 18.7 Å². The molecule has 2 aromatic carbocycles. The summed E-state index contributed by atoms with van der Waals surface area (Å²) in [5.41, 5.74) is 1.44. The van der Waals surface area contributed by atoms with Gasteiger partial charge >= 0.3 is 18.0 Å². The number of halogens is 3. The Hall–Kier alpha value is -3.82. The lowest BCUT2D eigenvalue weighted by atomic mass is 10.2. The number of alkyl halides is 3. The molecule has 0 saturated carbocycles. The zero-order valence-corrected chi connectivity index (χ0v) is 16.5. The number of rotatable bonds is 8. The average Bonchev–Trinajstić information content (AvgIpc) is 2.73. The Morgan fingerprint density at radius 2 is 1.87 bits per heavy atom. The van der Waals surface area contributed by atoms with E-state index in [1.54, 1.807) is 31.2 Å². The average molecular weight is 435 g/mol. The van der Waals surface area contributed by atoms with E-state index in [1.165, 1.54) is 12.3 Å². The van der Waals surface area contributed by atoms with Crippen molar-refractivity contribution in [3.05, 3.63) is 66.2 Å². The summed E-state index contributed by atoms with van der Waals surface area (Å²) in [6.45, 7) is 6.07. The maximum Gasteiger partial charge on any atom is 0.416 e. The summed E-state index contributed by atoms with van der Waals surface area (Å²) in [6.07, 6.45) is -1.71. The van der Waals surface area contributed by atoms with Crippen molar-refractivity contribution in [2.75, 3.05) is 18.5 Å². The number of nitrogens with zero attached hydrogens (tertiary/aromatic N) is 1. The van der Waals surface area contributed by atoms with Crippen LogP contribution in [0, 0.1) is 0 Å². The fourth-order valence-corrected chi connectivity index (χ4v) is 2.32. The molecule has 0 unspecified atom stereocenters. The van der Waals surface area contributed by atoms with Crippen molar-refractivity contribution in [2.45, 2.75) is 13.1 Å². The number of benzene rings is 2. The molecule has 0 bridgehead atoms. The van der Waals surface area contributed by atoms with Crippen LogP contribution in [0.3, 0.4) is 0 Å². The highest BCUT2D eigenvalue weighted by molar-refractivity contribution is 6.39. The molecule has 0 radical (unpaired) electrons. The number of nitrogens with one attached hydrogen (secondary N) is 2. The van der Waals surface area contributed by atoms with Crippen molar-refractivity contribution in [2.24, 2.45) is 5.10 Å². The monoisotopic (exact) mass is 435 g/mol. The molecule has 0 heterocycles. The number of amides is 2. The highest BCUT2D eigenvalue weighted by Gasteiger charge is 2.30. The minimum atomic E-state index is -4.57. The smallest absolute Gasteiger partial charge is 0.416 e. The zero-order valence-electron chi connectivity index (χ0n) is 16.5. The molecule has 0 aromatic heterocycles. The molecule has 0 aliphatic carbocycles. The summed E-state index contributed by atoms with van der Waals surface area (Å²) in [5, 5.41) is 5.76. The molecule has 0 saturated heterocycles. The van der Waals surface area contributed by atoms with Gasteiger partial charge in [-0.3, -0.25) is 9.59 Å². The van der Waals surface area contributed by atoms with E-state index in [2.05, 4.69) is 17.0 Å². The molecule has 0 spiro atoms. The third-order valence-corrected chi connectivity index (χ3v) is 3.66. The van der Waals surface area contributed by atoms with Crippen molar-refractivity contribution >= 4 is 23.7 Å². The summed E-state index contributed by atoms with van der Waals surface area (Å²) in [4.78, 5) is 23.7. The van der Waals surface area contributed by atoms with Crippen LogP contribution < -0.4 is 20.2 Å². The first kappa shape index (κ1) is 23.5. The van der Waals surface area contributed by atoms with Gasteiger partial charge in [0.2, 0.25) is 0 Å². The Morgan fingerprint density at radius 3 is 2.55 bits per heavy atom. The predicted molar refractivity (Wildman–Crippen MR) is 109 cm³/mol. The van der Waals surface area contributed by atoms with E-state index in [-0.39, 0.29) is 5.69 Å². The molecule has 2 aromatic rings. The van der Waals surface area contributed by atoms with Crippen LogP contribution in [0.4, 0.5) is 18.9 Å². The van der Waals surface area contributed by atoms with Crippen LogP contribution in [0.5, 0.6) is 11.5 Å². The topological polar surface area (TPSA) is 89.0 Å². The van der Waals surface area contributed by atoms with Gasteiger partial charge in [0.1, 0.15) is 6.61 Å². The second-order valence-electron chi connectivity index (χ2n) is 5.97. The van der Waals surface area contributed by atoms with E-state index in [1.807, 2.05) is 5.43 Å². The van der Waals surface area contributed by atoms with Crippen LogP contribution in [-0.4, -0.2) is 31.2 Å².